The molecule has 0 spiro atoms. The second kappa shape index (κ2) is 8.39. The number of hydrogen-bond donors (Lipinski definition) is 1. The van der Waals surface area contributed by atoms with Crippen molar-refractivity contribution in [1.82, 2.24) is 5.32 Å². The number of amides is 1. The maximum Gasteiger partial charge on any atom is 0.292 e. The van der Waals surface area contributed by atoms with Gasteiger partial charge in [-0.1, -0.05) is 41.9 Å². The predicted octanol–water partition coefficient (Wildman–Crippen LogP) is 4.34. The quantitative estimate of drug-likeness (QED) is 0.611. The molecule has 142 valence electrons. The first-order chi connectivity index (χ1) is 13.0. The van der Waals surface area contributed by atoms with E-state index in [1.807, 2.05) is 36.1 Å². The van der Waals surface area contributed by atoms with Crippen LogP contribution in [0.4, 0.5) is 11.4 Å². The fourth-order valence-electron chi connectivity index (χ4n) is 3.50. The van der Waals surface area contributed by atoms with Crippen molar-refractivity contribution in [2.24, 2.45) is 5.92 Å². The van der Waals surface area contributed by atoms with Gasteiger partial charge in [-0.05, 0) is 37.5 Å². The SMILES string of the molecule is C[C@H](NC(=O)C1CCN(c2ccccc2[N+](=O)[O-])CC1)c1ccccc1Cl. The largest absolute Gasteiger partial charge is 0.366 e. The van der Waals surface area contributed by atoms with Crippen LogP contribution in [0.1, 0.15) is 31.4 Å². The fourth-order valence-corrected chi connectivity index (χ4v) is 3.80. The number of rotatable bonds is 5. The number of carbonyl (C=O) groups excluding carboxylic acids is 1. The van der Waals surface area contributed by atoms with E-state index in [0.717, 1.165) is 5.56 Å². The summed E-state index contributed by atoms with van der Waals surface area (Å²) in [6.07, 6.45) is 1.32. The Morgan fingerprint density at radius 2 is 1.81 bits per heavy atom. The van der Waals surface area contributed by atoms with Crippen LogP contribution in [0.2, 0.25) is 5.02 Å². The van der Waals surface area contributed by atoms with E-state index in [1.54, 1.807) is 18.2 Å². The zero-order valence-corrected chi connectivity index (χ0v) is 15.9. The molecule has 1 amide bonds. The normalized spacial score (nSPS) is 16.0. The number of nitro groups is 1. The van der Waals surface area contributed by atoms with Crippen molar-refractivity contribution in [2.45, 2.75) is 25.8 Å². The van der Waals surface area contributed by atoms with Crippen molar-refractivity contribution in [3.05, 3.63) is 69.2 Å². The van der Waals surface area contributed by atoms with Crippen molar-refractivity contribution < 1.29 is 9.72 Å². The maximum absolute atomic E-state index is 12.6. The summed E-state index contributed by atoms with van der Waals surface area (Å²) in [6, 6.07) is 14.0. The fraction of sp³-hybridized carbons (Fsp3) is 0.350. The van der Waals surface area contributed by atoms with E-state index in [4.69, 9.17) is 11.6 Å². The van der Waals surface area contributed by atoms with E-state index in [-0.39, 0.29) is 28.5 Å². The Morgan fingerprint density at radius 3 is 2.48 bits per heavy atom. The number of nitrogens with zero attached hydrogens (tertiary/aromatic N) is 2. The van der Waals surface area contributed by atoms with Crippen molar-refractivity contribution in [3.8, 4) is 0 Å². The second-order valence-electron chi connectivity index (χ2n) is 6.76. The van der Waals surface area contributed by atoms with Gasteiger partial charge >= 0.3 is 0 Å². The number of benzene rings is 2. The van der Waals surface area contributed by atoms with Gasteiger partial charge in [-0.15, -0.1) is 0 Å². The van der Waals surface area contributed by atoms with E-state index >= 15 is 0 Å². The number of para-hydroxylation sites is 2. The monoisotopic (exact) mass is 387 g/mol. The number of hydrogen-bond acceptors (Lipinski definition) is 4. The van der Waals surface area contributed by atoms with Crippen LogP contribution in [0.25, 0.3) is 0 Å². The van der Waals surface area contributed by atoms with Crippen molar-refractivity contribution in [1.29, 1.82) is 0 Å². The summed E-state index contributed by atoms with van der Waals surface area (Å²) in [5.41, 5.74) is 1.61. The van der Waals surface area contributed by atoms with Gasteiger partial charge in [0.05, 0.1) is 11.0 Å². The molecule has 1 heterocycles. The minimum absolute atomic E-state index is 0.00429. The molecule has 6 nitrogen and oxygen atoms in total. The molecule has 0 bridgehead atoms. The lowest BCUT2D eigenvalue weighted by molar-refractivity contribution is -0.384. The van der Waals surface area contributed by atoms with Crippen LogP contribution in [0.5, 0.6) is 0 Å². The van der Waals surface area contributed by atoms with Crippen LogP contribution in [0.3, 0.4) is 0 Å². The van der Waals surface area contributed by atoms with E-state index in [9.17, 15) is 14.9 Å². The van der Waals surface area contributed by atoms with Crippen LogP contribution in [-0.2, 0) is 4.79 Å². The molecule has 0 aliphatic carbocycles. The number of nitrogens with one attached hydrogen (secondary N) is 1. The molecule has 1 atom stereocenters. The number of piperidine rings is 1. The third-order valence-corrected chi connectivity index (χ3v) is 5.36. The highest BCUT2D eigenvalue weighted by Crippen LogP contribution is 2.31. The molecule has 27 heavy (non-hydrogen) atoms. The zero-order valence-electron chi connectivity index (χ0n) is 15.1. The molecule has 1 fully saturated rings. The van der Waals surface area contributed by atoms with E-state index < -0.39 is 0 Å². The Kier molecular flexibility index (Phi) is 5.96. The molecule has 2 aromatic carbocycles. The molecule has 2 aromatic rings. The molecule has 7 heteroatoms. The van der Waals surface area contributed by atoms with Crippen LogP contribution < -0.4 is 10.2 Å². The Hall–Kier alpha value is -2.60. The first kappa shape index (κ1) is 19.2. The first-order valence-corrected chi connectivity index (χ1v) is 9.38. The second-order valence-corrected chi connectivity index (χ2v) is 7.17. The summed E-state index contributed by atoms with van der Waals surface area (Å²) in [7, 11) is 0. The first-order valence-electron chi connectivity index (χ1n) is 9.00. The van der Waals surface area contributed by atoms with E-state index in [1.165, 1.54) is 6.07 Å². The van der Waals surface area contributed by atoms with Crippen LogP contribution >= 0.6 is 11.6 Å². The van der Waals surface area contributed by atoms with Gasteiger partial charge in [0.25, 0.3) is 5.69 Å². The standard InChI is InChI=1S/C20H22ClN3O3/c1-14(16-6-2-3-7-17(16)21)22-20(25)15-10-12-23(13-11-15)18-8-4-5-9-19(18)24(26)27/h2-9,14-15H,10-13H2,1H3,(H,22,25)/t14-/m0/s1. The van der Waals surface area contributed by atoms with Crippen molar-refractivity contribution >= 4 is 28.9 Å². The molecule has 0 saturated carbocycles. The third kappa shape index (κ3) is 4.39. The molecule has 1 saturated heterocycles. The maximum atomic E-state index is 12.6. The number of nitro benzene ring substituents is 1. The summed E-state index contributed by atoms with van der Waals surface area (Å²) in [4.78, 5) is 25.5. The van der Waals surface area contributed by atoms with Gasteiger partial charge in [-0.2, -0.15) is 0 Å². The summed E-state index contributed by atoms with van der Waals surface area (Å²) >= 11 is 6.20. The zero-order chi connectivity index (χ0) is 19.4. The lowest BCUT2D eigenvalue weighted by Gasteiger charge is -2.33. The van der Waals surface area contributed by atoms with Gasteiger partial charge in [0.1, 0.15) is 5.69 Å². The third-order valence-electron chi connectivity index (χ3n) is 5.02. The lowest BCUT2D eigenvalue weighted by atomic mass is 9.94. The molecule has 0 unspecified atom stereocenters. The molecule has 0 aromatic heterocycles. The number of carbonyl (C=O) groups is 1. The molecule has 0 radical (unpaired) electrons. The van der Waals surface area contributed by atoms with Gasteiger partial charge in [-0.25, -0.2) is 0 Å². The highest BCUT2D eigenvalue weighted by atomic mass is 35.5. The molecule has 1 aliphatic heterocycles. The number of anilines is 1. The van der Waals surface area contributed by atoms with E-state index in [2.05, 4.69) is 5.32 Å². The van der Waals surface area contributed by atoms with Gasteiger partial charge in [-0.3, -0.25) is 14.9 Å². The average Bonchev–Trinajstić information content (AvgIpc) is 2.68. The van der Waals surface area contributed by atoms with E-state index in [0.29, 0.717) is 36.6 Å². The molecule has 1 aliphatic rings. The summed E-state index contributed by atoms with van der Waals surface area (Å²) < 4.78 is 0. The Labute approximate surface area is 163 Å². The minimum Gasteiger partial charge on any atom is -0.366 e. The van der Waals surface area contributed by atoms with Crippen LogP contribution in [0, 0.1) is 16.0 Å². The number of halogens is 1. The average molecular weight is 388 g/mol. The van der Waals surface area contributed by atoms with Crippen LogP contribution in [0.15, 0.2) is 48.5 Å². The molecular weight excluding hydrogens is 366 g/mol. The molecule has 3 rings (SSSR count). The van der Waals surface area contributed by atoms with Gasteiger partial charge < -0.3 is 10.2 Å². The Balaban J connectivity index is 1.60. The topological polar surface area (TPSA) is 75.5 Å². The minimum atomic E-state index is -0.362. The van der Waals surface area contributed by atoms with Gasteiger partial charge in [0.2, 0.25) is 5.91 Å². The van der Waals surface area contributed by atoms with Crippen LogP contribution in [-0.4, -0.2) is 23.9 Å². The highest BCUT2D eigenvalue weighted by molar-refractivity contribution is 6.31. The van der Waals surface area contributed by atoms with Gasteiger partial charge in [0, 0.05) is 30.1 Å². The molecular formula is C20H22ClN3O3. The Morgan fingerprint density at radius 1 is 1.19 bits per heavy atom. The summed E-state index contributed by atoms with van der Waals surface area (Å²) in [6.45, 7) is 3.15. The lowest BCUT2D eigenvalue weighted by Crippen LogP contribution is -2.41. The van der Waals surface area contributed by atoms with Crippen molar-refractivity contribution in [3.63, 3.8) is 0 Å². The summed E-state index contributed by atoms with van der Waals surface area (Å²) in [5, 5.41) is 14.9. The van der Waals surface area contributed by atoms with Gasteiger partial charge in [0.15, 0.2) is 0 Å². The highest BCUT2D eigenvalue weighted by Gasteiger charge is 2.28. The van der Waals surface area contributed by atoms with Crippen molar-refractivity contribution in [2.75, 3.05) is 18.0 Å². The predicted molar refractivity (Wildman–Crippen MR) is 106 cm³/mol. The molecule has 1 N–H and O–H groups in total. The Bertz CT molecular complexity index is 835. The smallest absolute Gasteiger partial charge is 0.292 e. The summed E-state index contributed by atoms with van der Waals surface area (Å²) in [5.74, 6) is -0.0985.